The molecule has 0 fully saturated rings. The number of nitrogens with zero attached hydrogens (tertiary/aromatic N) is 1. The lowest BCUT2D eigenvalue weighted by molar-refractivity contribution is 0.0544. The zero-order chi connectivity index (χ0) is 19.1. The summed E-state index contributed by atoms with van der Waals surface area (Å²) in [6.45, 7) is 5.56. The minimum Gasteiger partial charge on any atom is -0.491 e. The second kappa shape index (κ2) is 9.27. The van der Waals surface area contributed by atoms with E-state index in [1.54, 1.807) is 7.11 Å². The SMILES string of the molecule is COCCOCCOc1cc(C)c(-c2cc(F)c(C#N)c(F)c2)c(C)c1. The summed E-state index contributed by atoms with van der Waals surface area (Å²) < 4.78 is 43.7. The van der Waals surface area contributed by atoms with Gasteiger partial charge < -0.3 is 14.2 Å². The van der Waals surface area contributed by atoms with Crippen molar-refractivity contribution in [3.63, 3.8) is 0 Å². The molecule has 0 radical (unpaired) electrons. The summed E-state index contributed by atoms with van der Waals surface area (Å²) in [5.74, 6) is -1.07. The van der Waals surface area contributed by atoms with E-state index in [0.29, 0.717) is 37.7 Å². The lowest BCUT2D eigenvalue weighted by Gasteiger charge is -2.14. The molecule has 2 aromatic carbocycles. The van der Waals surface area contributed by atoms with Gasteiger partial charge in [-0.2, -0.15) is 5.26 Å². The first kappa shape index (κ1) is 19.8. The molecule has 0 unspecified atom stereocenters. The summed E-state index contributed by atoms with van der Waals surface area (Å²) in [6.07, 6.45) is 0. The zero-order valence-electron chi connectivity index (χ0n) is 15.1. The minimum atomic E-state index is -0.866. The highest BCUT2D eigenvalue weighted by Gasteiger charge is 2.15. The molecule has 0 aromatic heterocycles. The minimum absolute atomic E-state index is 0.391. The Kier molecular flexibility index (Phi) is 7.07. The number of ether oxygens (including phenoxy) is 3. The Morgan fingerprint density at radius 2 is 1.50 bits per heavy atom. The molecule has 138 valence electrons. The van der Waals surface area contributed by atoms with Crippen LogP contribution in [-0.2, 0) is 9.47 Å². The van der Waals surface area contributed by atoms with Crippen LogP contribution in [0.1, 0.15) is 16.7 Å². The first-order chi connectivity index (χ1) is 12.5. The average molecular weight is 361 g/mol. The number of benzene rings is 2. The fourth-order valence-corrected chi connectivity index (χ4v) is 2.75. The van der Waals surface area contributed by atoms with Crippen LogP contribution in [0.2, 0.25) is 0 Å². The van der Waals surface area contributed by atoms with Gasteiger partial charge in [-0.25, -0.2) is 8.78 Å². The van der Waals surface area contributed by atoms with Gasteiger partial charge in [0.25, 0.3) is 0 Å². The van der Waals surface area contributed by atoms with E-state index in [1.807, 2.05) is 26.0 Å². The van der Waals surface area contributed by atoms with E-state index in [-0.39, 0.29) is 0 Å². The predicted molar refractivity (Wildman–Crippen MR) is 94.2 cm³/mol. The molecule has 0 spiro atoms. The van der Waals surface area contributed by atoms with Crippen LogP contribution in [0.3, 0.4) is 0 Å². The second-order valence-electron chi connectivity index (χ2n) is 5.81. The average Bonchev–Trinajstić information content (AvgIpc) is 2.57. The molecule has 2 aromatic rings. The summed E-state index contributed by atoms with van der Waals surface area (Å²) >= 11 is 0. The third-order valence-electron chi connectivity index (χ3n) is 3.88. The standard InChI is InChI=1S/C20H21F2NO3/c1-13-8-16(26-7-6-25-5-4-24-3)9-14(2)20(13)15-10-18(21)17(12-23)19(22)11-15/h8-11H,4-7H2,1-3H3. The van der Waals surface area contributed by atoms with Gasteiger partial charge in [0.15, 0.2) is 0 Å². The van der Waals surface area contributed by atoms with Gasteiger partial charge in [0.05, 0.1) is 19.8 Å². The van der Waals surface area contributed by atoms with Crippen LogP contribution in [0.25, 0.3) is 11.1 Å². The van der Waals surface area contributed by atoms with Gasteiger partial charge in [-0.3, -0.25) is 0 Å². The highest BCUT2D eigenvalue weighted by Crippen LogP contribution is 2.32. The molecule has 0 bridgehead atoms. The number of hydrogen-bond donors (Lipinski definition) is 0. The molecule has 0 amide bonds. The van der Waals surface area contributed by atoms with Gasteiger partial charge in [-0.05, 0) is 60.4 Å². The number of halogens is 2. The lowest BCUT2D eigenvalue weighted by Crippen LogP contribution is -2.10. The fraction of sp³-hybridized carbons (Fsp3) is 0.350. The maximum absolute atomic E-state index is 13.9. The molecule has 0 N–H and O–H groups in total. The molecule has 6 heteroatoms. The Hall–Kier alpha value is -2.49. The van der Waals surface area contributed by atoms with Gasteiger partial charge in [-0.1, -0.05) is 0 Å². The number of hydrogen-bond acceptors (Lipinski definition) is 4. The lowest BCUT2D eigenvalue weighted by atomic mass is 9.94. The number of methoxy groups -OCH3 is 1. The van der Waals surface area contributed by atoms with Crippen molar-refractivity contribution < 1.29 is 23.0 Å². The third kappa shape index (κ3) is 4.78. The molecular weight excluding hydrogens is 340 g/mol. The maximum Gasteiger partial charge on any atom is 0.144 e. The van der Waals surface area contributed by atoms with E-state index in [0.717, 1.165) is 16.7 Å². The van der Waals surface area contributed by atoms with Crippen LogP contribution in [0.15, 0.2) is 24.3 Å². The normalized spacial score (nSPS) is 10.6. The van der Waals surface area contributed by atoms with E-state index < -0.39 is 17.2 Å². The molecule has 0 aliphatic rings. The number of nitriles is 1. The first-order valence-corrected chi connectivity index (χ1v) is 8.18. The van der Waals surface area contributed by atoms with Crippen molar-refractivity contribution in [2.45, 2.75) is 13.8 Å². The van der Waals surface area contributed by atoms with Gasteiger partial charge >= 0.3 is 0 Å². The van der Waals surface area contributed by atoms with Gasteiger partial charge in [0.2, 0.25) is 0 Å². The van der Waals surface area contributed by atoms with Crippen molar-refractivity contribution in [1.82, 2.24) is 0 Å². The molecule has 26 heavy (non-hydrogen) atoms. The molecule has 0 saturated carbocycles. The van der Waals surface area contributed by atoms with E-state index in [9.17, 15) is 8.78 Å². The molecule has 0 aliphatic heterocycles. The highest BCUT2D eigenvalue weighted by atomic mass is 19.1. The molecule has 4 nitrogen and oxygen atoms in total. The van der Waals surface area contributed by atoms with Crippen LogP contribution in [-0.4, -0.2) is 33.5 Å². The number of rotatable bonds is 8. The van der Waals surface area contributed by atoms with Crippen LogP contribution >= 0.6 is 0 Å². The van der Waals surface area contributed by atoms with Gasteiger partial charge in [0.1, 0.15) is 35.6 Å². The summed E-state index contributed by atoms with van der Waals surface area (Å²) in [5.41, 5.74) is 2.18. The van der Waals surface area contributed by atoms with Gasteiger partial charge in [0, 0.05) is 7.11 Å². The maximum atomic E-state index is 13.9. The van der Waals surface area contributed by atoms with Crippen molar-refractivity contribution in [3.05, 3.63) is 52.6 Å². The highest BCUT2D eigenvalue weighted by molar-refractivity contribution is 5.72. The van der Waals surface area contributed by atoms with Crippen molar-refractivity contribution in [1.29, 1.82) is 5.26 Å². The molecule has 0 atom stereocenters. The molecule has 2 rings (SSSR count). The van der Waals surface area contributed by atoms with Crippen molar-refractivity contribution >= 4 is 0 Å². The second-order valence-corrected chi connectivity index (χ2v) is 5.81. The monoisotopic (exact) mass is 361 g/mol. The molecule has 0 saturated heterocycles. The van der Waals surface area contributed by atoms with E-state index in [2.05, 4.69) is 0 Å². The van der Waals surface area contributed by atoms with Crippen LogP contribution in [0, 0.1) is 36.8 Å². The predicted octanol–water partition coefficient (Wildman–Crippen LogP) is 4.16. The van der Waals surface area contributed by atoms with E-state index in [1.165, 1.54) is 18.2 Å². The smallest absolute Gasteiger partial charge is 0.144 e. The van der Waals surface area contributed by atoms with Crippen molar-refractivity contribution in [2.75, 3.05) is 33.5 Å². The Morgan fingerprint density at radius 3 is 2.04 bits per heavy atom. The van der Waals surface area contributed by atoms with Gasteiger partial charge in [-0.15, -0.1) is 0 Å². The van der Waals surface area contributed by atoms with E-state index >= 15 is 0 Å². The third-order valence-corrected chi connectivity index (χ3v) is 3.88. The van der Waals surface area contributed by atoms with Crippen LogP contribution < -0.4 is 4.74 Å². The molecular formula is C20H21F2NO3. The Balaban J connectivity index is 2.16. The van der Waals surface area contributed by atoms with Crippen LogP contribution in [0.5, 0.6) is 5.75 Å². The largest absolute Gasteiger partial charge is 0.491 e. The van der Waals surface area contributed by atoms with Crippen molar-refractivity contribution in [3.8, 4) is 22.9 Å². The molecule has 0 heterocycles. The molecule has 0 aliphatic carbocycles. The zero-order valence-corrected chi connectivity index (χ0v) is 15.1. The van der Waals surface area contributed by atoms with E-state index in [4.69, 9.17) is 19.5 Å². The van der Waals surface area contributed by atoms with Crippen molar-refractivity contribution in [2.24, 2.45) is 0 Å². The summed E-state index contributed by atoms with van der Waals surface area (Å²) in [6, 6.07) is 7.52. The number of aryl methyl sites for hydroxylation is 2. The summed E-state index contributed by atoms with van der Waals surface area (Å²) in [7, 11) is 1.61. The fourth-order valence-electron chi connectivity index (χ4n) is 2.75. The topological polar surface area (TPSA) is 51.5 Å². The summed E-state index contributed by atoms with van der Waals surface area (Å²) in [5, 5.41) is 8.79. The summed E-state index contributed by atoms with van der Waals surface area (Å²) in [4.78, 5) is 0. The quantitative estimate of drug-likeness (QED) is 0.663. The Labute approximate surface area is 151 Å². The van der Waals surface area contributed by atoms with Crippen LogP contribution in [0.4, 0.5) is 8.78 Å². The first-order valence-electron chi connectivity index (χ1n) is 8.18. The Bertz CT molecular complexity index is 769. The Morgan fingerprint density at radius 1 is 0.923 bits per heavy atom.